The van der Waals surface area contributed by atoms with E-state index in [2.05, 4.69) is 4.98 Å². The van der Waals surface area contributed by atoms with Crippen molar-refractivity contribution in [1.82, 2.24) is 9.55 Å². The minimum atomic E-state index is -0.480. The van der Waals surface area contributed by atoms with Crippen LogP contribution in [0.25, 0.3) is 10.9 Å². The second-order valence-corrected chi connectivity index (χ2v) is 6.07. The molecule has 5 nitrogen and oxygen atoms in total. The highest BCUT2D eigenvalue weighted by atomic mass is 32.1. The molecule has 0 saturated heterocycles. The molecule has 0 fully saturated rings. The Bertz CT molecular complexity index is 929. The zero-order valence-electron chi connectivity index (χ0n) is 13.2. The van der Waals surface area contributed by atoms with E-state index in [1.54, 1.807) is 35.2 Å². The van der Waals surface area contributed by atoms with Gasteiger partial charge in [-0.1, -0.05) is 13.0 Å². The molecule has 0 spiro atoms. The molecule has 0 radical (unpaired) electrons. The fourth-order valence-corrected chi connectivity index (χ4v) is 3.30. The Morgan fingerprint density at radius 2 is 2.17 bits per heavy atom. The van der Waals surface area contributed by atoms with E-state index < -0.39 is 11.6 Å². The van der Waals surface area contributed by atoms with Crippen LogP contribution in [0, 0.1) is 5.82 Å². The Morgan fingerprint density at radius 1 is 1.38 bits per heavy atom. The van der Waals surface area contributed by atoms with Gasteiger partial charge in [-0.25, -0.2) is 9.37 Å². The third kappa shape index (κ3) is 2.76. The van der Waals surface area contributed by atoms with E-state index >= 15 is 0 Å². The molecule has 0 amide bonds. The van der Waals surface area contributed by atoms with E-state index in [4.69, 9.17) is 4.74 Å². The van der Waals surface area contributed by atoms with Gasteiger partial charge in [0.15, 0.2) is 10.8 Å². The monoisotopic (exact) mass is 346 g/mol. The molecule has 0 aliphatic heterocycles. The lowest BCUT2D eigenvalue weighted by Gasteiger charge is -2.02. The standard InChI is InChI=1S/C17H15FN2O3S/c1-3-14(21)12-8-24-17(19-12)16(22)10-7-20(9-23-2)13-6-4-5-11(18)15(10)13/h4-8H,3,9H2,1-2H3. The summed E-state index contributed by atoms with van der Waals surface area (Å²) in [6.45, 7) is 1.93. The quantitative estimate of drug-likeness (QED) is 0.639. The lowest BCUT2D eigenvalue weighted by atomic mass is 10.1. The largest absolute Gasteiger partial charge is 0.364 e. The molecular formula is C17H15FN2O3S. The van der Waals surface area contributed by atoms with Crippen molar-refractivity contribution in [2.75, 3.05) is 7.11 Å². The average Bonchev–Trinajstić information content (AvgIpc) is 3.20. The number of fused-ring (bicyclic) bond motifs is 1. The van der Waals surface area contributed by atoms with Crippen molar-refractivity contribution in [1.29, 1.82) is 0 Å². The summed E-state index contributed by atoms with van der Waals surface area (Å²) in [5.41, 5.74) is 1.05. The molecule has 2 aromatic heterocycles. The van der Waals surface area contributed by atoms with Crippen LogP contribution >= 0.6 is 11.3 Å². The number of rotatable bonds is 6. The van der Waals surface area contributed by atoms with Crippen molar-refractivity contribution in [3.63, 3.8) is 0 Å². The van der Waals surface area contributed by atoms with Gasteiger partial charge in [-0.05, 0) is 12.1 Å². The number of hydrogen-bond donors (Lipinski definition) is 0. The van der Waals surface area contributed by atoms with Crippen LogP contribution < -0.4 is 0 Å². The molecule has 0 bridgehead atoms. The summed E-state index contributed by atoms with van der Waals surface area (Å²) in [4.78, 5) is 28.6. The van der Waals surface area contributed by atoms with Crippen LogP contribution in [0.4, 0.5) is 4.39 Å². The number of carbonyl (C=O) groups excluding carboxylic acids is 2. The van der Waals surface area contributed by atoms with E-state index in [9.17, 15) is 14.0 Å². The summed E-state index contributed by atoms with van der Waals surface area (Å²) >= 11 is 1.09. The number of Topliss-reactive ketones (excluding diaryl/α,β-unsaturated/α-hetero) is 1. The van der Waals surface area contributed by atoms with Crippen LogP contribution in [0.1, 0.15) is 39.2 Å². The van der Waals surface area contributed by atoms with Crippen LogP contribution in [0.5, 0.6) is 0 Å². The third-order valence-electron chi connectivity index (χ3n) is 3.67. The predicted octanol–water partition coefficient (Wildman–Crippen LogP) is 3.66. The first-order valence-corrected chi connectivity index (χ1v) is 8.24. The Balaban J connectivity index is 2.10. The minimum Gasteiger partial charge on any atom is -0.364 e. The van der Waals surface area contributed by atoms with Gasteiger partial charge in [-0.2, -0.15) is 0 Å². The summed E-state index contributed by atoms with van der Waals surface area (Å²) in [5, 5.41) is 1.97. The Labute approximate surface area is 141 Å². The molecule has 3 rings (SSSR count). The summed E-state index contributed by atoms with van der Waals surface area (Å²) < 4.78 is 21.0. The zero-order chi connectivity index (χ0) is 17.3. The third-order valence-corrected chi connectivity index (χ3v) is 4.51. The highest BCUT2D eigenvalue weighted by Crippen LogP contribution is 2.27. The summed E-state index contributed by atoms with van der Waals surface area (Å²) in [6.07, 6.45) is 1.88. The number of halogens is 1. The number of hydrogen-bond acceptors (Lipinski definition) is 5. The van der Waals surface area contributed by atoms with Crippen LogP contribution in [0.3, 0.4) is 0 Å². The van der Waals surface area contributed by atoms with Crippen LogP contribution in [-0.4, -0.2) is 28.2 Å². The van der Waals surface area contributed by atoms with E-state index in [1.165, 1.54) is 13.2 Å². The van der Waals surface area contributed by atoms with Gasteiger partial charge in [0.05, 0.1) is 11.1 Å². The topological polar surface area (TPSA) is 61.2 Å². The van der Waals surface area contributed by atoms with Gasteiger partial charge in [0.25, 0.3) is 0 Å². The van der Waals surface area contributed by atoms with Crippen molar-refractivity contribution in [2.45, 2.75) is 20.1 Å². The molecule has 0 unspecified atom stereocenters. The molecule has 24 heavy (non-hydrogen) atoms. The van der Waals surface area contributed by atoms with Gasteiger partial charge in [0.2, 0.25) is 5.78 Å². The Morgan fingerprint density at radius 3 is 2.88 bits per heavy atom. The number of nitrogens with zero attached hydrogens (tertiary/aromatic N) is 2. The second-order valence-electron chi connectivity index (χ2n) is 5.21. The summed E-state index contributed by atoms with van der Waals surface area (Å²) in [7, 11) is 1.52. The molecule has 3 aromatic rings. The lowest BCUT2D eigenvalue weighted by Crippen LogP contribution is -2.03. The SMILES string of the molecule is CCC(=O)c1csc(C(=O)c2cn(COC)c3cccc(F)c23)n1. The van der Waals surface area contributed by atoms with Gasteiger partial charge in [-0.3, -0.25) is 9.59 Å². The molecule has 0 N–H and O–H groups in total. The van der Waals surface area contributed by atoms with Crippen LogP contribution in [0.2, 0.25) is 0 Å². The maximum atomic E-state index is 14.3. The van der Waals surface area contributed by atoms with Gasteiger partial charge in [0.1, 0.15) is 18.2 Å². The smallest absolute Gasteiger partial charge is 0.223 e. The molecule has 2 heterocycles. The van der Waals surface area contributed by atoms with Crippen molar-refractivity contribution in [2.24, 2.45) is 0 Å². The van der Waals surface area contributed by atoms with E-state index in [0.29, 0.717) is 11.9 Å². The number of aromatic nitrogens is 2. The average molecular weight is 346 g/mol. The van der Waals surface area contributed by atoms with E-state index in [-0.39, 0.29) is 34.2 Å². The number of methoxy groups -OCH3 is 1. The first-order valence-electron chi connectivity index (χ1n) is 7.36. The molecular weight excluding hydrogens is 331 g/mol. The van der Waals surface area contributed by atoms with Gasteiger partial charge in [0, 0.05) is 30.5 Å². The summed E-state index contributed by atoms with van der Waals surface area (Å²) in [6, 6.07) is 4.62. The summed E-state index contributed by atoms with van der Waals surface area (Å²) in [5.74, 6) is -1.01. The number of ether oxygens (including phenoxy) is 1. The fourth-order valence-electron chi connectivity index (χ4n) is 2.53. The second kappa shape index (κ2) is 6.62. The molecule has 1 aromatic carbocycles. The molecule has 124 valence electrons. The van der Waals surface area contributed by atoms with Gasteiger partial charge < -0.3 is 9.30 Å². The van der Waals surface area contributed by atoms with E-state index in [0.717, 1.165) is 11.3 Å². The highest BCUT2D eigenvalue weighted by molar-refractivity contribution is 7.12. The minimum absolute atomic E-state index is 0.127. The Kier molecular flexibility index (Phi) is 4.55. The number of thiazole rings is 1. The van der Waals surface area contributed by atoms with Crippen molar-refractivity contribution in [3.8, 4) is 0 Å². The highest BCUT2D eigenvalue weighted by Gasteiger charge is 2.22. The number of ketones is 2. The van der Waals surface area contributed by atoms with Crippen LogP contribution in [-0.2, 0) is 11.5 Å². The maximum absolute atomic E-state index is 14.3. The van der Waals surface area contributed by atoms with Crippen molar-refractivity contribution < 1.29 is 18.7 Å². The molecule has 0 saturated carbocycles. The maximum Gasteiger partial charge on any atom is 0.223 e. The van der Waals surface area contributed by atoms with Gasteiger partial charge in [-0.15, -0.1) is 11.3 Å². The first-order chi connectivity index (χ1) is 11.6. The lowest BCUT2D eigenvalue weighted by molar-refractivity contribution is 0.0984. The number of benzene rings is 1. The molecule has 7 heteroatoms. The molecule has 0 atom stereocenters. The Hall–Kier alpha value is -2.38. The van der Waals surface area contributed by atoms with Crippen LogP contribution in [0.15, 0.2) is 29.8 Å². The normalized spacial score (nSPS) is 11.1. The first kappa shape index (κ1) is 16.5. The van der Waals surface area contributed by atoms with Crippen molar-refractivity contribution >= 4 is 33.8 Å². The zero-order valence-corrected chi connectivity index (χ0v) is 14.0. The fraction of sp³-hybridized carbons (Fsp3) is 0.235. The number of carbonyl (C=O) groups is 2. The van der Waals surface area contributed by atoms with Crippen molar-refractivity contribution in [3.05, 3.63) is 51.9 Å². The molecule has 0 aliphatic carbocycles. The molecule has 0 aliphatic rings. The van der Waals surface area contributed by atoms with E-state index in [1.807, 2.05) is 0 Å². The predicted molar refractivity (Wildman–Crippen MR) is 89.1 cm³/mol. The van der Waals surface area contributed by atoms with Gasteiger partial charge >= 0.3 is 0 Å².